The molecule has 0 aromatic heterocycles. The average molecular weight is 498 g/mol. The summed E-state index contributed by atoms with van der Waals surface area (Å²) in [6.45, 7) is 3.25. The molecule has 0 aliphatic heterocycles. The topological polar surface area (TPSA) is 56.7 Å². The molecular formula is C21H28FIN4O. The van der Waals surface area contributed by atoms with Gasteiger partial charge in [0.25, 0.3) is 0 Å². The molecule has 0 aliphatic carbocycles. The van der Waals surface area contributed by atoms with Crippen LogP contribution in [0.2, 0.25) is 0 Å². The molecule has 0 saturated heterocycles. The molecule has 7 heteroatoms. The third-order valence-corrected chi connectivity index (χ3v) is 4.24. The Labute approximate surface area is 183 Å². The minimum atomic E-state index is -0.218. The fourth-order valence-corrected chi connectivity index (χ4v) is 2.58. The van der Waals surface area contributed by atoms with Crippen molar-refractivity contribution in [1.82, 2.24) is 15.5 Å². The first-order chi connectivity index (χ1) is 13.0. The van der Waals surface area contributed by atoms with Gasteiger partial charge in [0, 0.05) is 40.2 Å². The predicted octanol–water partition coefficient (Wildman–Crippen LogP) is 3.47. The Morgan fingerprint density at radius 1 is 1.11 bits per heavy atom. The zero-order valence-electron chi connectivity index (χ0n) is 16.5. The lowest BCUT2D eigenvalue weighted by Crippen LogP contribution is -2.39. The molecule has 28 heavy (non-hydrogen) atoms. The largest absolute Gasteiger partial charge is 0.356 e. The second-order valence-electron chi connectivity index (χ2n) is 6.42. The molecule has 5 nitrogen and oxygen atoms in total. The molecule has 2 N–H and O–H groups in total. The Balaban J connectivity index is 0.00000392. The normalized spacial score (nSPS) is 10.8. The fourth-order valence-electron chi connectivity index (χ4n) is 2.58. The van der Waals surface area contributed by atoms with Gasteiger partial charge in [-0.05, 0) is 29.7 Å². The molecule has 0 bridgehead atoms. The number of aliphatic imine (C=N–C) groups is 1. The number of hydrogen-bond acceptors (Lipinski definition) is 2. The van der Waals surface area contributed by atoms with Crippen molar-refractivity contribution in [3.63, 3.8) is 0 Å². The molecule has 2 rings (SSSR count). The van der Waals surface area contributed by atoms with Gasteiger partial charge in [0.15, 0.2) is 5.96 Å². The number of halogens is 2. The van der Waals surface area contributed by atoms with Crippen molar-refractivity contribution < 1.29 is 9.18 Å². The average Bonchev–Trinajstić information content (AvgIpc) is 2.67. The zero-order valence-corrected chi connectivity index (χ0v) is 18.9. The van der Waals surface area contributed by atoms with Crippen LogP contribution in [0.25, 0.3) is 0 Å². The Hall–Kier alpha value is -2.16. The van der Waals surface area contributed by atoms with E-state index >= 15 is 0 Å². The van der Waals surface area contributed by atoms with E-state index in [0.29, 0.717) is 37.6 Å². The van der Waals surface area contributed by atoms with E-state index in [9.17, 15) is 9.18 Å². The van der Waals surface area contributed by atoms with Crippen LogP contribution in [0.15, 0.2) is 53.5 Å². The Kier molecular flexibility index (Phi) is 10.5. The van der Waals surface area contributed by atoms with Crippen molar-refractivity contribution in [2.75, 3.05) is 20.6 Å². The van der Waals surface area contributed by atoms with E-state index in [1.54, 1.807) is 32.0 Å². The van der Waals surface area contributed by atoms with E-state index in [0.717, 1.165) is 11.1 Å². The van der Waals surface area contributed by atoms with Gasteiger partial charge in [0.1, 0.15) is 5.82 Å². The second-order valence-corrected chi connectivity index (χ2v) is 6.42. The molecule has 152 valence electrons. The van der Waals surface area contributed by atoms with Crippen molar-refractivity contribution in [1.29, 1.82) is 0 Å². The number of benzene rings is 2. The van der Waals surface area contributed by atoms with Crippen LogP contribution >= 0.6 is 24.0 Å². The van der Waals surface area contributed by atoms with Gasteiger partial charge in [-0.2, -0.15) is 0 Å². The molecule has 0 fully saturated rings. The minimum absolute atomic E-state index is 0. The second kappa shape index (κ2) is 12.3. The van der Waals surface area contributed by atoms with Crippen molar-refractivity contribution >= 4 is 35.8 Å². The molecule has 0 atom stereocenters. The highest BCUT2D eigenvalue weighted by Gasteiger charge is 2.09. The Morgan fingerprint density at radius 2 is 1.82 bits per heavy atom. The lowest BCUT2D eigenvalue weighted by Gasteiger charge is -2.18. The standard InChI is InChI=1S/C21H27FN4O.HI/c1-16-9-10-18(13-19(16)22)14-25-21(23-2)24-12-11-20(27)26(3)15-17-7-5-4-6-8-17;/h4-10,13H,11-12,14-15H2,1-3H3,(H2,23,24,25);1H. The Bertz CT molecular complexity index is 783. The number of amides is 1. The molecule has 2 aromatic rings. The lowest BCUT2D eigenvalue weighted by molar-refractivity contribution is -0.130. The van der Waals surface area contributed by atoms with Crippen molar-refractivity contribution in [3.8, 4) is 0 Å². The molecule has 0 aliphatic rings. The van der Waals surface area contributed by atoms with Crippen LogP contribution in [0.3, 0.4) is 0 Å². The van der Waals surface area contributed by atoms with Gasteiger partial charge in [-0.3, -0.25) is 9.79 Å². The maximum atomic E-state index is 13.6. The van der Waals surface area contributed by atoms with Gasteiger partial charge in [0.05, 0.1) is 0 Å². The summed E-state index contributed by atoms with van der Waals surface area (Å²) in [5.74, 6) is 0.418. The fraction of sp³-hybridized carbons (Fsp3) is 0.333. The summed E-state index contributed by atoms with van der Waals surface area (Å²) in [4.78, 5) is 18.1. The highest BCUT2D eigenvalue weighted by molar-refractivity contribution is 14.0. The monoisotopic (exact) mass is 498 g/mol. The number of rotatable bonds is 7. The van der Waals surface area contributed by atoms with Crippen molar-refractivity contribution in [3.05, 3.63) is 71.0 Å². The van der Waals surface area contributed by atoms with Crippen LogP contribution < -0.4 is 10.6 Å². The molecule has 0 radical (unpaired) electrons. The summed E-state index contributed by atoms with van der Waals surface area (Å²) < 4.78 is 13.6. The SMILES string of the molecule is CN=C(NCCC(=O)N(C)Cc1ccccc1)NCc1ccc(C)c(F)c1.I. The minimum Gasteiger partial charge on any atom is -0.356 e. The van der Waals surface area contributed by atoms with Crippen LogP contribution in [0.5, 0.6) is 0 Å². The third-order valence-electron chi connectivity index (χ3n) is 4.24. The van der Waals surface area contributed by atoms with Gasteiger partial charge >= 0.3 is 0 Å². The van der Waals surface area contributed by atoms with Gasteiger partial charge in [-0.25, -0.2) is 4.39 Å². The first-order valence-corrected chi connectivity index (χ1v) is 8.97. The molecule has 0 spiro atoms. The number of aryl methyl sites for hydroxylation is 1. The third kappa shape index (κ3) is 7.84. The summed E-state index contributed by atoms with van der Waals surface area (Å²) in [6.07, 6.45) is 0.364. The molecule has 1 amide bonds. The first kappa shape index (κ1) is 23.9. The van der Waals surface area contributed by atoms with E-state index in [1.165, 1.54) is 6.07 Å². The lowest BCUT2D eigenvalue weighted by atomic mass is 10.1. The molecule has 0 saturated carbocycles. The predicted molar refractivity (Wildman–Crippen MR) is 122 cm³/mol. The van der Waals surface area contributed by atoms with E-state index in [2.05, 4.69) is 15.6 Å². The van der Waals surface area contributed by atoms with Gasteiger partial charge in [0.2, 0.25) is 5.91 Å². The summed E-state index contributed by atoms with van der Waals surface area (Å²) >= 11 is 0. The summed E-state index contributed by atoms with van der Waals surface area (Å²) in [6, 6.07) is 15.0. The number of guanidine groups is 1. The van der Waals surface area contributed by atoms with Crippen LogP contribution in [-0.2, 0) is 17.9 Å². The van der Waals surface area contributed by atoms with E-state index in [4.69, 9.17) is 0 Å². The maximum absolute atomic E-state index is 13.6. The van der Waals surface area contributed by atoms with E-state index < -0.39 is 0 Å². The van der Waals surface area contributed by atoms with E-state index in [-0.39, 0.29) is 35.7 Å². The van der Waals surface area contributed by atoms with Crippen LogP contribution in [0.4, 0.5) is 4.39 Å². The van der Waals surface area contributed by atoms with Crippen LogP contribution in [-0.4, -0.2) is 37.4 Å². The van der Waals surface area contributed by atoms with Crippen LogP contribution in [0.1, 0.15) is 23.1 Å². The number of carbonyl (C=O) groups excluding carboxylic acids is 1. The van der Waals surface area contributed by atoms with Crippen LogP contribution in [0, 0.1) is 12.7 Å². The number of nitrogens with one attached hydrogen (secondary N) is 2. The number of carbonyl (C=O) groups is 1. The maximum Gasteiger partial charge on any atom is 0.224 e. The number of hydrogen-bond donors (Lipinski definition) is 2. The van der Waals surface area contributed by atoms with Gasteiger partial charge < -0.3 is 15.5 Å². The zero-order chi connectivity index (χ0) is 19.6. The van der Waals surface area contributed by atoms with Gasteiger partial charge in [-0.15, -0.1) is 24.0 Å². The molecular weight excluding hydrogens is 470 g/mol. The summed E-state index contributed by atoms with van der Waals surface area (Å²) in [5.41, 5.74) is 2.56. The van der Waals surface area contributed by atoms with Gasteiger partial charge in [-0.1, -0.05) is 42.5 Å². The summed E-state index contributed by atoms with van der Waals surface area (Å²) in [7, 11) is 3.46. The molecule has 0 heterocycles. The van der Waals surface area contributed by atoms with Crippen molar-refractivity contribution in [2.45, 2.75) is 26.4 Å². The smallest absolute Gasteiger partial charge is 0.224 e. The molecule has 2 aromatic carbocycles. The Morgan fingerprint density at radius 3 is 2.46 bits per heavy atom. The number of nitrogens with zero attached hydrogens (tertiary/aromatic N) is 2. The highest BCUT2D eigenvalue weighted by Crippen LogP contribution is 2.08. The van der Waals surface area contributed by atoms with Crippen molar-refractivity contribution in [2.24, 2.45) is 4.99 Å². The quantitative estimate of drug-likeness (QED) is 0.350. The molecule has 0 unspecified atom stereocenters. The summed E-state index contributed by atoms with van der Waals surface area (Å²) in [5, 5.41) is 6.24. The first-order valence-electron chi connectivity index (χ1n) is 8.97. The van der Waals surface area contributed by atoms with E-state index in [1.807, 2.05) is 36.4 Å². The highest BCUT2D eigenvalue weighted by atomic mass is 127.